The average Bonchev–Trinajstić information content (AvgIpc) is 2.72. The fourth-order valence-corrected chi connectivity index (χ4v) is 2.85. The summed E-state index contributed by atoms with van der Waals surface area (Å²) < 4.78 is 5.50. The van der Waals surface area contributed by atoms with Crippen LogP contribution < -0.4 is 10.5 Å². The Morgan fingerprint density at radius 2 is 2.22 bits per heavy atom. The number of benzene rings is 1. The van der Waals surface area contributed by atoms with E-state index in [0.717, 1.165) is 26.9 Å². The lowest BCUT2D eigenvalue weighted by Crippen LogP contribution is -2.03. The van der Waals surface area contributed by atoms with E-state index < -0.39 is 0 Å². The monoisotopic (exact) mass is 262 g/mol. The third kappa shape index (κ3) is 2.71. The molecule has 1 heterocycles. The molecule has 0 aliphatic carbocycles. The Morgan fingerprint density at radius 1 is 1.44 bits per heavy atom. The second-order valence-corrected chi connectivity index (χ2v) is 5.25. The van der Waals surface area contributed by atoms with Crippen molar-refractivity contribution >= 4 is 11.3 Å². The summed E-state index contributed by atoms with van der Waals surface area (Å²) in [6.07, 6.45) is 0. The van der Waals surface area contributed by atoms with Crippen LogP contribution in [0.25, 0.3) is 10.6 Å². The van der Waals surface area contributed by atoms with E-state index in [9.17, 15) is 0 Å². The molecule has 1 atom stereocenters. The van der Waals surface area contributed by atoms with Gasteiger partial charge >= 0.3 is 0 Å². The first-order chi connectivity index (χ1) is 8.61. The molecule has 0 saturated heterocycles. The van der Waals surface area contributed by atoms with Crippen LogP contribution in [0.4, 0.5) is 0 Å². The van der Waals surface area contributed by atoms with E-state index in [4.69, 9.17) is 10.5 Å². The molecule has 1 unspecified atom stereocenters. The van der Waals surface area contributed by atoms with Crippen LogP contribution in [0.3, 0.4) is 0 Å². The van der Waals surface area contributed by atoms with Crippen molar-refractivity contribution in [3.05, 3.63) is 34.8 Å². The Balaban J connectivity index is 2.36. The first-order valence-corrected chi connectivity index (χ1v) is 6.89. The zero-order chi connectivity index (χ0) is 13.1. The van der Waals surface area contributed by atoms with Gasteiger partial charge in [0.1, 0.15) is 10.8 Å². The van der Waals surface area contributed by atoms with E-state index in [1.54, 1.807) is 11.3 Å². The summed E-state index contributed by atoms with van der Waals surface area (Å²) in [5, 5.41) is 1.00. The molecule has 1 aromatic heterocycles. The Labute approximate surface area is 112 Å². The third-order valence-corrected chi connectivity index (χ3v) is 4.05. The van der Waals surface area contributed by atoms with E-state index in [1.807, 2.05) is 45.0 Å². The van der Waals surface area contributed by atoms with Gasteiger partial charge in [0.2, 0.25) is 0 Å². The molecule has 0 saturated carbocycles. The summed E-state index contributed by atoms with van der Waals surface area (Å²) in [5.41, 5.74) is 8.03. The highest BCUT2D eigenvalue weighted by atomic mass is 32.1. The predicted molar refractivity (Wildman–Crippen MR) is 76.1 cm³/mol. The molecule has 2 rings (SSSR count). The summed E-state index contributed by atoms with van der Waals surface area (Å²) in [7, 11) is 0. The highest BCUT2D eigenvalue weighted by Gasteiger charge is 2.12. The van der Waals surface area contributed by atoms with Crippen molar-refractivity contribution in [3.63, 3.8) is 0 Å². The van der Waals surface area contributed by atoms with Crippen molar-refractivity contribution in [1.29, 1.82) is 0 Å². The highest BCUT2D eigenvalue weighted by molar-refractivity contribution is 7.15. The van der Waals surface area contributed by atoms with Gasteiger partial charge < -0.3 is 10.5 Å². The maximum Gasteiger partial charge on any atom is 0.124 e. The van der Waals surface area contributed by atoms with Gasteiger partial charge in [0, 0.05) is 16.5 Å². The molecule has 0 amide bonds. The van der Waals surface area contributed by atoms with Gasteiger partial charge in [-0.25, -0.2) is 4.98 Å². The number of hydrogen-bond acceptors (Lipinski definition) is 4. The smallest absolute Gasteiger partial charge is 0.124 e. The van der Waals surface area contributed by atoms with Crippen molar-refractivity contribution in [1.82, 2.24) is 4.98 Å². The largest absolute Gasteiger partial charge is 0.494 e. The number of ether oxygens (including phenoxy) is 1. The van der Waals surface area contributed by atoms with Crippen LogP contribution in [0.5, 0.6) is 5.75 Å². The lowest BCUT2D eigenvalue weighted by Gasteiger charge is -2.04. The Morgan fingerprint density at radius 3 is 2.83 bits per heavy atom. The van der Waals surface area contributed by atoms with Crippen LogP contribution in [0.1, 0.15) is 30.5 Å². The summed E-state index contributed by atoms with van der Waals surface area (Å²) in [4.78, 5) is 5.73. The van der Waals surface area contributed by atoms with E-state index >= 15 is 0 Å². The number of aryl methyl sites for hydroxylation is 1. The number of nitrogens with zero attached hydrogens (tertiary/aromatic N) is 1. The standard InChI is InChI=1S/C14H18N2OS/c1-4-17-12-7-5-6-11(8-12)14-16-10(3)13(18-14)9(2)15/h5-9H,4,15H2,1-3H3. The molecular formula is C14H18N2OS. The van der Waals surface area contributed by atoms with Crippen LogP contribution in [-0.2, 0) is 0 Å². The molecular weight excluding hydrogens is 244 g/mol. The van der Waals surface area contributed by atoms with Crippen molar-refractivity contribution in [2.45, 2.75) is 26.8 Å². The molecule has 2 N–H and O–H groups in total. The number of nitrogens with two attached hydrogens (primary N) is 1. The molecule has 0 fully saturated rings. The number of thiazole rings is 1. The minimum absolute atomic E-state index is 0.0336. The normalized spacial score (nSPS) is 12.4. The molecule has 18 heavy (non-hydrogen) atoms. The molecule has 3 nitrogen and oxygen atoms in total. The molecule has 0 radical (unpaired) electrons. The predicted octanol–water partition coefficient (Wildman–Crippen LogP) is 3.54. The molecule has 0 aliphatic heterocycles. The maximum absolute atomic E-state index is 5.93. The molecule has 2 aromatic rings. The second-order valence-electron chi connectivity index (χ2n) is 4.22. The number of rotatable bonds is 4. The van der Waals surface area contributed by atoms with Gasteiger partial charge in [0.25, 0.3) is 0 Å². The topological polar surface area (TPSA) is 48.1 Å². The van der Waals surface area contributed by atoms with Crippen LogP contribution in [0, 0.1) is 6.92 Å². The molecule has 4 heteroatoms. The minimum Gasteiger partial charge on any atom is -0.494 e. The lowest BCUT2D eigenvalue weighted by atomic mass is 10.2. The SMILES string of the molecule is CCOc1cccc(-c2nc(C)c(C(C)N)s2)c1. The van der Waals surface area contributed by atoms with E-state index in [1.165, 1.54) is 0 Å². The number of aromatic nitrogens is 1. The average molecular weight is 262 g/mol. The Hall–Kier alpha value is -1.39. The van der Waals surface area contributed by atoms with E-state index in [0.29, 0.717) is 6.61 Å². The third-order valence-electron chi connectivity index (χ3n) is 2.64. The summed E-state index contributed by atoms with van der Waals surface area (Å²) >= 11 is 1.66. The lowest BCUT2D eigenvalue weighted by molar-refractivity contribution is 0.340. The summed E-state index contributed by atoms with van der Waals surface area (Å²) in [6.45, 7) is 6.64. The second kappa shape index (κ2) is 5.50. The summed E-state index contributed by atoms with van der Waals surface area (Å²) in [5.74, 6) is 0.880. The van der Waals surface area contributed by atoms with Crippen LogP contribution in [-0.4, -0.2) is 11.6 Å². The van der Waals surface area contributed by atoms with Gasteiger partial charge in [-0.2, -0.15) is 0 Å². The molecule has 96 valence electrons. The van der Waals surface area contributed by atoms with Crippen LogP contribution in [0.15, 0.2) is 24.3 Å². The number of hydrogen-bond donors (Lipinski definition) is 1. The first-order valence-electron chi connectivity index (χ1n) is 6.08. The maximum atomic E-state index is 5.93. The Kier molecular flexibility index (Phi) is 3.99. The quantitative estimate of drug-likeness (QED) is 0.916. The van der Waals surface area contributed by atoms with Crippen LogP contribution >= 0.6 is 11.3 Å². The molecule has 0 aliphatic rings. The minimum atomic E-state index is 0.0336. The molecule has 1 aromatic carbocycles. The van der Waals surface area contributed by atoms with Gasteiger partial charge in [-0.1, -0.05) is 12.1 Å². The van der Waals surface area contributed by atoms with Crippen molar-refractivity contribution in [2.75, 3.05) is 6.61 Å². The zero-order valence-electron chi connectivity index (χ0n) is 10.9. The highest BCUT2D eigenvalue weighted by Crippen LogP contribution is 2.32. The van der Waals surface area contributed by atoms with E-state index in [2.05, 4.69) is 4.98 Å². The first kappa shape index (κ1) is 13.1. The van der Waals surface area contributed by atoms with Gasteiger partial charge in [0.15, 0.2) is 0 Å². The van der Waals surface area contributed by atoms with Gasteiger partial charge in [0.05, 0.1) is 12.3 Å². The fraction of sp³-hybridized carbons (Fsp3) is 0.357. The van der Waals surface area contributed by atoms with Gasteiger partial charge in [-0.05, 0) is 32.9 Å². The molecule has 0 spiro atoms. The van der Waals surface area contributed by atoms with Gasteiger partial charge in [-0.3, -0.25) is 0 Å². The zero-order valence-corrected chi connectivity index (χ0v) is 11.8. The van der Waals surface area contributed by atoms with Gasteiger partial charge in [-0.15, -0.1) is 11.3 Å². The van der Waals surface area contributed by atoms with E-state index in [-0.39, 0.29) is 6.04 Å². The summed E-state index contributed by atoms with van der Waals surface area (Å²) in [6, 6.07) is 8.05. The van der Waals surface area contributed by atoms with Crippen molar-refractivity contribution in [3.8, 4) is 16.3 Å². The Bertz CT molecular complexity index is 534. The fourth-order valence-electron chi connectivity index (χ4n) is 1.84. The van der Waals surface area contributed by atoms with Crippen molar-refractivity contribution < 1.29 is 4.74 Å². The molecule has 0 bridgehead atoms. The van der Waals surface area contributed by atoms with Crippen molar-refractivity contribution in [2.24, 2.45) is 5.73 Å². The van der Waals surface area contributed by atoms with Crippen LogP contribution in [0.2, 0.25) is 0 Å².